The maximum Gasteiger partial charge on any atom is 0.250 e. The zero-order chi connectivity index (χ0) is 12.4. The fourth-order valence-electron chi connectivity index (χ4n) is 2.75. The highest BCUT2D eigenvalue weighted by molar-refractivity contribution is 4.94. The molecule has 1 atom stereocenters. The number of pyridine rings is 1. The van der Waals surface area contributed by atoms with E-state index < -0.39 is 0 Å². The van der Waals surface area contributed by atoms with Crippen molar-refractivity contribution < 1.29 is 0 Å². The van der Waals surface area contributed by atoms with E-state index in [1.165, 1.54) is 12.8 Å². The van der Waals surface area contributed by atoms with Crippen LogP contribution in [0, 0.1) is 5.92 Å². The lowest BCUT2D eigenvalue weighted by Gasteiger charge is -2.33. The Bertz CT molecular complexity index is 452. The first kappa shape index (κ1) is 11.9. The Morgan fingerprint density at radius 1 is 1.28 bits per heavy atom. The number of nitrogens with zero attached hydrogens (tertiary/aromatic N) is 2. The van der Waals surface area contributed by atoms with Crippen LogP contribution in [0.25, 0.3) is 0 Å². The van der Waals surface area contributed by atoms with Crippen LogP contribution >= 0.6 is 0 Å². The first-order valence-corrected chi connectivity index (χ1v) is 6.94. The first-order chi connectivity index (χ1) is 8.83. The van der Waals surface area contributed by atoms with Crippen LogP contribution in [-0.2, 0) is 6.54 Å². The predicted octanol–water partition coefficient (Wildman–Crippen LogP) is 0.532. The van der Waals surface area contributed by atoms with Gasteiger partial charge in [0, 0.05) is 51.0 Å². The largest absolute Gasteiger partial charge is 0.314 e. The van der Waals surface area contributed by atoms with Gasteiger partial charge in [-0.15, -0.1) is 0 Å². The van der Waals surface area contributed by atoms with Crippen molar-refractivity contribution in [1.82, 2.24) is 14.8 Å². The Balaban J connectivity index is 1.53. The Morgan fingerprint density at radius 3 is 2.94 bits per heavy atom. The Kier molecular flexibility index (Phi) is 3.48. The molecule has 1 aromatic rings. The van der Waals surface area contributed by atoms with Crippen molar-refractivity contribution >= 4 is 0 Å². The van der Waals surface area contributed by atoms with Gasteiger partial charge in [-0.1, -0.05) is 6.07 Å². The standard InChI is InChI=1S/C14H21N3O/c18-14-3-1-2-7-17(14)10-9-16-8-6-15-13(11-16)12-4-5-12/h1-3,7,12-13,15H,4-6,8-11H2. The minimum atomic E-state index is 0.103. The van der Waals surface area contributed by atoms with Gasteiger partial charge >= 0.3 is 0 Å². The third-order valence-electron chi connectivity index (χ3n) is 4.04. The van der Waals surface area contributed by atoms with Gasteiger partial charge in [-0.25, -0.2) is 0 Å². The van der Waals surface area contributed by atoms with Gasteiger partial charge in [0.15, 0.2) is 0 Å². The maximum atomic E-state index is 11.6. The second-order valence-corrected chi connectivity index (χ2v) is 5.43. The van der Waals surface area contributed by atoms with E-state index in [4.69, 9.17) is 0 Å². The predicted molar refractivity (Wildman–Crippen MR) is 71.7 cm³/mol. The monoisotopic (exact) mass is 247 g/mol. The molecule has 0 aromatic carbocycles. The van der Waals surface area contributed by atoms with Gasteiger partial charge < -0.3 is 9.88 Å². The van der Waals surface area contributed by atoms with Crippen LogP contribution in [0.2, 0.25) is 0 Å². The van der Waals surface area contributed by atoms with E-state index in [0.717, 1.165) is 38.6 Å². The van der Waals surface area contributed by atoms with E-state index >= 15 is 0 Å². The highest BCUT2D eigenvalue weighted by Gasteiger charge is 2.33. The second kappa shape index (κ2) is 5.24. The highest BCUT2D eigenvalue weighted by Crippen LogP contribution is 2.33. The normalized spacial score (nSPS) is 25.2. The van der Waals surface area contributed by atoms with Crippen molar-refractivity contribution in [2.24, 2.45) is 5.92 Å². The molecular weight excluding hydrogens is 226 g/mol. The first-order valence-electron chi connectivity index (χ1n) is 6.94. The Morgan fingerprint density at radius 2 is 2.17 bits per heavy atom. The zero-order valence-corrected chi connectivity index (χ0v) is 10.7. The average Bonchev–Trinajstić information content (AvgIpc) is 3.23. The lowest BCUT2D eigenvalue weighted by molar-refractivity contribution is 0.182. The molecule has 4 nitrogen and oxygen atoms in total. The number of aromatic nitrogens is 1. The zero-order valence-electron chi connectivity index (χ0n) is 10.7. The number of nitrogens with one attached hydrogen (secondary N) is 1. The van der Waals surface area contributed by atoms with Gasteiger partial charge in [-0.05, 0) is 24.8 Å². The fourth-order valence-corrected chi connectivity index (χ4v) is 2.75. The smallest absolute Gasteiger partial charge is 0.250 e. The van der Waals surface area contributed by atoms with Crippen molar-refractivity contribution in [3.8, 4) is 0 Å². The molecule has 0 spiro atoms. The molecule has 2 aliphatic rings. The summed E-state index contributed by atoms with van der Waals surface area (Å²) in [6, 6.07) is 6.04. The van der Waals surface area contributed by atoms with E-state index in [-0.39, 0.29) is 5.56 Å². The molecule has 1 aromatic heterocycles. The van der Waals surface area contributed by atoms with Crippen molar-refractivity contribution in [2.75, 3.05) is 26.2 Å². The minimum Gasteiger partial charge on any atom is -0.314 e. The van der Waals surface area contributed by atoms with E-state index in [1.54, 1.807) is 16.7 Å². The van der Waals surface area contributed by atoms with Crippen molar-refractivity contribution in [3.63, 3.8) is 0 Å². The second-order valence-electron chi connectivity index (χ2n) is 5.43. The van der Waals surface area contributed by atoms with Crippen LogP contribution < -0.4 is 10.9 Å². The number of hydrogen-bond donors (Lipinski definition) is 1. The van der Waals surface area contributed by atoms with E-state index in [0.29, 0.717) is 6.04 Å². The van der Waals surface area contributed by atoms with Gasteiger partial charge in [0.05, 0.1) is 0 Å². The molecule has 0 amide bonds. The van der Waals surface area contributed by atoms with Crippen LogP contribution in [0.3, 0.4) is 0 Å². The molecule has 2 heterocycles. The van der Waals surface area contributed by atoms with Crippen LogP contribution in [0.5, 0.6) is 0 Å². The van der Waals surface area contributed by atoms with Crippen molar-refractivity contribution in [3.05, 3.63) is 34.7 Å². The van der Waals surface area contributed by atoms with Gasteiger partial charge in [0.2, 0.25) is 0 Å². The lowest BCUT2D eigenvalue weighted by Crippen LogP contribution is -2.52. The molecule has 98 valence electrons. The van der Waals surface area contributed by atoms with Crippen LogP contribution in [0.4, 0.5) is 0 Å². The molecule has 2 fully saturated rings. The molecule has 1 aliphatic heterocycles. The van der Waals surface area contributed by atoms with Gasteiger partial charge in [-0.3, -0.25) is 9.69 Å². The quantitative estimate of drug-likeness (QED) is 0.843. The molecule has 18 heavy (non-hydrogen) atoms. The summed E-state index contributed by atoms with van der Waals surface area (Å²) in [6.07, 6.45) is 4.66. The third kappa shape index (κ3) is 2.82. The van der Waals surface area contributed by atoms with E-state index in [9.17, 15) is 4.79 Å². The summed E-state index contributed by atoms with van der Waals surface area (Å²) < 4.78 is 1.80. The maximum absolute atomic E-state index is 11.6. The fraction of sp³-hybridized carbons (Fsp3) is 0.643. The summed E-state index contributed by atoms with van der Waals surface area (Å²) in [5.41, 5.74) is 0.103. The molecular formula is C14H21N3O. The number of rotatable bonds is 4. The Hall–Kier alpha value is -1.13. The topological polar surface area (TPSA) is 37.3 Å². The SMILES string of the molecule is O=c1ccccn1CCN1CCNC(C2CC2)C1. The summed E-state index contributed by atoms with van der Waals surface area (Å²) in [4.78, 5) is 14.1. The number of piperazine rings is 1. The molecule has 1 aliphatic carbocycles. The van der Waals surface area contributed by atoms with Crippen LogP contribution in [-0.4, -0.2) is 41.7 Å². The molecule has 1 N–H and O–H groups in total. The number of hydrogen-bond acceptors (Lipinski definition) is 3. The average molecular weight is 247 g/mol. The third-order valence-corrected chi connectivity index (χ3v) is 4.04. The summed E-state index contributed by atoms with van der Waals surface area (Å²) in [5.74, 6) is 0.909. The molecule has 1 unspecified atom stereocenters. The molecule has 1 saturated heterocycles. The Labute approximate surface area is 108 Å². The lowest BCUT2D eigenvalue weighted by atomic mass is 10.1. The van der Waals surface area contributed by atoms with Crippen molar-refractivity contribution in [1.29, 1.82) is 0 Å². The van der Waals surface area contributed by atoms with Gasteiger partial charge in [-0.2, -0.15) is 0 Å². The van der Waals surface area contributed by atoms with E-state index in [2.05, 4.69) is 10.2 Å². The molecule has 0 radical (unpaired) electrons. The van der Waals surface area contributed by atoms with E-state index in [1.807, 2.05) is 12.3 Å². The highest BCUT2D eigenvalue weighted by atomic mass is 16.1. The molecule has 0 bridgehead atoms. The molecule has 4 heteroatoms. The summed E-state index contributed by atoms with van der Waals surface area (Å²) in [7, 11) is 0. The van der Waals surface area contributed by atoms with Gasteiger partial charge in [0.1, 0.15) is 0 Å². The van der Waals surface area contributed by atoms with Crippen LogP contribution in [0.1, 0.15) is 12.8 Å². The minimum absolute atomic E-state index is 0.103. The molecule has 3 rings (SSSR count). The van der Waals surface area contributed by atoms with Crippen molar-refractivity contribution in [2.45, 2.75) is 25.4 Å². The van der Waals surface area contributed by atoms with Gasteiger partial charge in [0.25, 0.3) is 5.56 Å². The molecule has 1 saturated carbocycles. The summed E-state index contributed by atoms with van der Waals surface area (Å²) in [6.45, 7) is 5.12. The summed E-state index contributed by atoms with van der Waals surface area (Å²) in [5, 5.41) is 3.61. The summed E-state index contributed by atoms with van der Waals surface area (Å²) >= 11 is 0. The van der Waals surface area contributed by atoms with Crippen LogP contribution in [0.15, 0.2) is 29.2 Å².